The SMILES string of the molecule is CCNC(=O)C(Cc1ccccc1)N(Cc1ccccc1F)C(=O)CN(c1cccc(C(F)(F)F)c1)S(=O)(=O)c1ccc(C)cc1. The molecule has 7 nitrogen and oxygen atoms in total. The van der Waals surface area contributed by atoms with Gasteiger partial charge in [-0.1, -0.05) is 72.3 Å². The average Bonchev–Trinajstić information content (AvgIpc) is 3.02. The summed E-state index contributed by atoms with van der Waals surface area (Å²) in [6.45, 7) is 2.24. The van der Waals surface area contributed by atoms with Crippen LogP contribution in [0.5, 0.6) is 0 Å². The Bertz CT molecular complexity index is 1770. The number of nitrogens with zero attached hydrogens (tertiary/aromatic N) is 2. The maximum Gasteiger partial charge on any atom is 0.416 e. The number of sulfonamides is 1. The number of carbonyl (C=O) groups is 2. The number of hydrogen-bond acceptors (Lipinski definition) is 4. The molecule has 242 valence electrons. The predicted octanol–water partition coefficient (Wildman–Crippen LogP) is 6.12. The Kier molecular flexibility index (Phi) is 10.8. The van der Waals surface area contributed by atoms with E-state index in [9.17, 15) is 35.6 Å². The largest absolute Gasteiger partial charge is 0.416 e. The standard InChI is InChI=1S/C34H33F4N3O4S/c1-3-39-33(43)31(20-25-10-5-4-6-11-25)40(22-26-12-7-8-15-30(26)35)32(42)23-41(28-14-9-13-27(21-28)34(36,37)38)46(44,45)29-18-16-24(2)17-19-29/h4-19,21,31H,3,20,22-23H2,1-2H3,(H,39,43). The minimum absolute atomic E-state index is 0.00113. The number of amides is 2. The van der Waals surface area contributed by atoms with Crippen molar-refractivity contribution in [3.63, 3.8) is 0 Å². The maximum absolute atomic E-state index is 14.9. The Balaban J connectivity index is 1.84. The number of nitrogens with one attached hydrogen (secondary N) is 1. The molecule has 0 fully saturated rings. The van der Waals surface area contributed by atoms with E-state index in [2.05, 4.69) is 5.32 Å². The molecule has 46 heavy (non-hydrogen) atoms. The minimum atomic E-state index is -4.80. The van der Waals surface area contributed by atoms with Gasteiger partial charge in [-0.25, -0.2) is 12.8 Å². The van der Waals surface area contributed by atoms with Crippen molar-refractivity contribution >= 4 is 27.5 Å². The molecular formula is C34H33F4N3O4S. The van der Waals surface area contributed by atoms with Crippen LogP contribution >= 0.6 is 0 Å². The molecule has 0 aromatic heterocycles. The lowest BCUT2D eigenvalue weighted by Gasteiger charge is -2.34. The number of aryl methyl sites for hydroxylation is 1. The van der Waals surface area contributed by atoms with Crippen LogP contribution in [-0.4, -0.2) is 44.3 Å². The fourth-order valence-electron chi connectivity index (χ4n) is 4.86. The molecule has 1 unspecified atom stereocenters. The molecule has 12 heteroatoms. The Morgan fingerprint density at radius 3 is 2.15 bits per heavy atom. The van der Waals surface area contributed by atoms with Crippen molar-refractivity contribution in [1.82, 2.24) is 10.2 Å². The predicted molar refractivity (Wildman–Crippen MR) is 167 cm³/mol. The fourth-order valence-corrected chi connectivity index (χ4v) is 6.27. The summed E-state index contributed by atoms with van der Waals surface area (Å²) in [5.41, 5.74) is -0.0547. The first-order valence-corrected chi connectivity index (χ1v) is 15.9. The highest BCUT2D eigenvalue weighted by atomic mass is 32.2. The van der Waals surface area contributed by atoms with Gasteiger partial charge in [0.1, 0.15) is 18.4 Å². The van der Waals surface area contributed by atoms with Crippen molar-refractivity contribution < 1.29 is 35.6 Å². The van der Waals surface area contributed by atoms with Gasteiger partial charge in [-0.3, -0.25) is 13.9 Å². The van der Waals surface area contributed by atoms with Gasteiger partial charge in [0.15, 0.2) is 0 Å². The van der Waals surface area contributed by atoms with Gasteiger partial charge in [-0.2, -0.15) is 13.2 Å². The van der Waals surface area contributed by atoms with Crippen LogP contribution in [-0.2, 0) is 38.8 Å². The number of anilines is 1. The van der Waals surface area contributed by atoms with Crippen molar-refractivity contribution in [2.24, 2.45) is 0 Å². The first-order valence-electron chi connectivity index (χ1n) is 14.4. The minimum Gasteiger partial charge on any atom is -0.355 e. The highest BCUT2D eigenvalue weighted by Gasteiger charge is 2.36. The van der Waals surface area contributed by atoms with Crippen LogP contribution in [0.15, 0.2) is 108 Å². The van der Waals surface area contributed by atoms with E-state index in [1.54, 1.807) is 50.2 Å². The molecule has 0 aliphatic heterocycles. The summed E-state index contributed by atoms with van der Waals surface area (Å²) < 4.78 is 84.7. The molecule has 1 atom stereocenters. The van der Waals surface area contributed by atoms with Crippen molar-refractivity contribution in [3.8, 4) is 0 Å². The average molecular weight is 656 g/mol. The molecule has 2 amide bonds. The fraction of sp³-hybridized carbons (Fsp3) is 0.235. The number of carbonyl (C=O) groups excluding carboxylic acids is 2. The van der Waals surface area contributed by atoms with E-state index in [1.165, 1.54) is 42.5 Å². The highest BCUT2D eigenvalue weighted by Crippen LogP contribution is 2.33. The molecule has 4 aromatic carbocycles. The van der Waals surface area contributed by atoms with Crippen molar-refractivity contribution in [3.05, 3.63) is 131 Å². The van der Waals surface area contributed by atoms with E-state index < -0.39 is 64.2 Å². The Hall–Kier alpha value is -4.71. The molecule has 0 radical (unpaired) electrons. The van der Waals surface area contributed by atoms with Gasteiger partial charge in [-0.15, -0.1) is 0 Å². The van der Waals surface area contributed by atoms with Crippen molar-refractivity contribution in [2.75, 3.05) is 17.4 Å². The summed E-state index contributed by atoms with van der Waals surface area (Å²) in [7, 11) is -4.61. The van der Waals surface area contributed by atoms with Gasteiger partial charge in [0.25, 0.3) is 10.0 Å². The van der Waals surface area contributed by atoms with Gasteiger partial charge < -0.3 is 10.2 Å². The number of halogens is 4. The molecule has 0 saturated carbocycles. The molecule has 4 aromatic rings. The molecular weight excluding hydrogens is 622 g/mol. The van der Waals surface area contributed by atoms with Crippen LogP contribution < -0.4 is 9.62 Å². The first-order chi connectivity index (χ1) is 21.8. The lowest BCUT2D eigenvalue weighted by Crippen LogP contribution is -2.53. The van der Waals surface area contributed by atoms with Crippen molar-refractivity contribution in [1.29, 1.82) is 0 Å². The van der Waals surface area contributed by atoms with E-state index >= 15 is 0 Å². The zero-order chi connectivity index (χ0) is 33.5. The number of likely N-dealkylation sites (N-methyl/N-ethyl adjacent to an activating group) is 1. The molecule has 0 aliphatic carbocycles. The van der Waals surface area contributed by atoms with E-state index in [1.807, 2.05) is 0 Å². The van der Waals surface area contributed by atoms with Crippen molar-refractivity contribution in [2.45, 2.75) is 43.9 Å². The Labute approximate surface area is 265 Å². The van der Waals surface area contributed by atoms with Crippen LogP contribution in [0.3, 0.4) is 0 Å². The van der Waals surface area contributed by atoms with Crippen LogP contribution in [0.1, 0.15) is 29.2 Å². The number of alkyl halides is 3. The maximum atomic E-state index is 14.9. The van der Waals surface area contributed by atoms with Crippen LogP contribution in [0.25, 0.3) is 0 Å². The monoisotopic (exact) mass is 655 g/mol. The smallest absolute Gasteiger partial charge is 0.355 e. The van der Waals surface area contributed by atoms with E-state index in [0.717, 1.165) is 28.7 Å². The number of rotatable bonds is 12. The first kappa shape index (κ1) is 34.2. The van der Waals surface area contributed by atoms with E-state index in [0.29, 0.717) is 15.9 Å². The molecule has 0 heterocycles. The number of benzene rings is 4. The molecule has 4 rings (SSSR count). The van der Waals surface area contributed by atoms with Gasteiger partial charge in [0, 0.05) is 25.1 Å². The summed E-state index contributed by atoms with van der Waals surface area (Å²) in [6.07, 6.45) is -4.80. The third-order valence-electron chi connectivity index (χ3n) is 7.27. The molecule has 0 saturated heterocycles. The van der Waals surface area contributed by atoms with Crippen LogP contribution in [0.2, 0.25) is 0 Å². The molecule has 1 N–H and O–H groups in total. The molecule has 0 bridgehead atoms. The Morgan fingerprint density at radius 2 is 1.52 bits per heavy atom. The van der Waals surface area contributed by atoms with E-state index in [4.69, 9.17) is 0 Å². The summed E-state index contributed by atoms with van der Waals surface area (Å²) in [6, 6.07) is 22.4. The molecule has 0 aliphatic rings. The summed E-state index contributed by atoms with van der Waals surface area (Å²) >= 11 is 0. The second-order valence-corrected chi connectivity index (χ2v) is 12.4. The van der Waals surface area contributed by atoms with Gasteiger partial charge in [0.2, 0.25) is 11.8 Å². The third kappa shape index (κ3) is 8.30. The van der Waals surface area contributed by atoms with Gasteiger partial charge in [0.05, 0.1) is 16.1 Å². The third-order valence-corrected chi connectivity index (χ3v) is 9.06. The Morgan fingerprint density at radius 1 is 0.870 bits per heavy atom. The van der Waals surface area contributed by atoms with Gasteiger partial charge >= 0.3 is 6.18 Å². The highest BCUT2D eigenvalue weighted by molar-refractivity contribution is 7.92. The molecule has 0 spiro atoms. The quantitative estimate of drug-likeness (QED) is 0.186. The zero-order valence-corrected chi connectivity index (χ0v) is 26.0. The van der Waals surface area contributed by atoms with Crippen LogP contribution in [0, 0.1) is 12.7 Å². The normalized spacial score (nSPS) is 12.3. The lowest BCUT2D eigenvalue weighted by atomic mass is 10.0. The summed E-state index contributed by atoms with van der Waals surface area (Å²) in [5.74, 6) is -2.15. The zero-order valence-electron chi connectivity index (χ0n) is 25.2. The second-order valence-electron chi connectivity index (χ2n) is 10.6. The van der Waals surface area contributed by atoms with Gasteiger partial charge in [-0.05, 0) is 55.8 Å². The second kappa shape index (κ2) is 14.6. The van der Waals surface area contributed by atoms with Crippen LogP contribution in [0.4, 0.5) is 23.2 Å². The summed E-state index contributed by atoms with van der Waals surface area (Å²) in [5, 5.41) is 2.69. The van der Waals surface area contributed by atoms with E-state index in [-0.39, 0.29) is 23.4 Å². The summed E-state index contributed by atoms with van der Waals surface area (Å²) in [4.78, 5) is 28.6. The topological polar surface area (TPSA) is 86.8 Å². The lowest BCUT2D eigenvalue weighted by molar-refractivity contribution is -0.140. The number of hydrogen-bond donors (Lipinski definition) is 1.